The van der Waals surface area contributed by atoms with E-state index in [1.807, 2.05) is 29.6 Å². The molecule has 112 valence electrons. The Labute approximate surface area is 131 Å². The number of ether oxygens (including phenoxy) is 3. The molecule has 3 rings (SSSR count). The van der Waals surface area contributed by atoms with E-state index in [1.165, 1.54) is 11.3 Å². The highest BCUT2D eigenvalue weighted by molar-refractivity contribution is 7.12. The van der Waals surface area contributed by atoms with Crippen LogP contribution in [0.1, 0.15) is 10.4 Å². The van der Waals surface area contributed by atoms with Gasteiger partial charge >= 0.3 is 5.97 Å². The van der Waals surface area contributed by atoms with Crippen molar-refractivity contribution in [3.8, 4) is 11.5 Å². The molecule has 0 bridgehead atoms. The molecule has 0 saturated heterocycles. The number of carbonyl (C=O) groups is 1. The fourth-order valence-electron chi connectivity index (χ4n) is 2.09. The molecule has 1 aliphatic rings. The number of nitrogens with zero attached hydrogens (tertiary/aromatic N) is 1. The van der Waals surface area contributed by atoms with Crippen molar-refractivity contribution in [1.82, 2.24) is 0 Å². The predicted molar refractivity (Wildman–Crippen MR) is 84.5 cm³/mol. The van der Waals surface area contributed by atoms with Crippen molar-refractivity contribution >= 4 is 29.3 Å². The summed E-state index contributed by atoms with van der Waals surface area (Å²) in [5.41, 5.74) is 0.930. The standard InChI is InChI=1S/C16H13NO4S/c1-19-12-6-3-5-10(14(12)20-2)9-11-16(18)21-15(17-11)13-7-4-8-22-13/h3-9H,1-2H3/b11-9+. The molecule has 0 fully saturated rings. The molecule has 0 amide bonds. The van der Waals surface area contributed by atoms with Crippen molar-refractivity contribution in [2.75, 3.05) is 14.2 Å². The third kappa shape index (κ3) is 2.60. The Balaban J connectivity index is 2.00. The number of para-hydroxylation sites is 1. The highest BCUT2D eigenvalue weighted by Gasteiger charge is 2.25. The number of cyclic esters (lactones) is 1. The summed E-state index contributed by atoms with van der Waals surface area (Å²) in [6, 6.07) is 9.15. The van der Waals surface area contributed by atoms with Crippen LogP contribution >= 0.6 is 11.3 Å². The second-order valence-electron chi connectivity index (χ2n) is 4.40. The molecular formula is C16H13NO4S. The third-order valence-corrected chi connectivity index (χ3v) is 3.94. The van der Waals surface area contributed by atoms with E-state index in [4.69, 9.17) is 14.2 Å². The number of benzene rings is 1. The lowest BCUT2D eigenvalue weighted by Crippen LogP contribution is -2.03. The molecule has 2 heterocycles. The average molecular weight is 315 g/mol. The number of esters is 1. The van der Waals surface area contributed by atoms with Crippen LogP contribution in [-0.4, -0.2) is 26.1 Å². The van der Waals surface area contributed by atoms with Crippen molar-refractivity contribution in [1.29, 1.82) is 0 Å². The normalized spacial score (nSPS) is 15.6. The van der Waals surface area contributed by atoms with E-state index < -0.39 is 5.97 Å². The fourth-order valence-corrected chi connectivity index (χ4v) is 2.74. The lowest BCUT2D eigenvalue weighted by Gasteiger charge is -2.09. The number of methoxy groups -OCH3 is 2. The second-order valence-corrected chi connectivity index (χ2v) is 5.34. The van der Waals surface area contributed by atoms with Crippen LogP contribution < -0.4 is 9.47 Å². The van der Waals surface area contributed by atoms with Gasteiger partial charge in [0.1, 0.15) is 0 Å². The molecule has 22 heavy (non-hydrogen) atoms. The number of rotatable bonds is 4. The van der Waals surface area contributed by atoms with Gasteiger partial charge in [0.25, 0.3) is 0 Å². The largest absolute Gasteiger partial charge is 0.493 e. The van der Waals surface area contributed by atoms with Crippen LogP contribution in [-0.2, 0) is 9.53 Å². The van der Waals surface area contributed by atoms with Crippen LogP contribution in [0.25, 0.3) is 6.08 Å². The Morgan fingerprint density at radius 3 is 2.73 bits per heavy atom. The number of aliphatic imine (C=N–C) groups is 1. The summed E-state index contributed by atoms with van der Waals surface area (Å²) < 4.78 is 15.8. The molecule has 2 aromatic rings. The smallest absolute Gasteiger partial charge is 0.363 e. The summed E-state index contributed by atoms with van der Waals surface area (Å²) in [5, 5.41) is 1.90. The maximum atomic E-state index is 12.0. The highest BCUT2D eigenvalue weighted by Crippen LogP contribution is 2.33. The van der Waals surface area contributed by atoms with Crippen LogP contribution in [0.2, 0.25) is 0 Å². The summed E-state index contributed by atoms with van der Waals surface area (Å²) in [6.45, 7) is 0. The van der Waals surface area contributed by atoms with Crippen molar-refractivity contribution in [3.05, 3.63) is 51.8 Å². The fraction of sp³-hybridized carbons (Fsp3) is 0.125. The SMILES string of the molecule is COc1cccc(/C=C2/N=C(c3cccs3)OC2=O)c1OC. The van der Waals surface area contributed by atoms with Crippen molar-refractivity contribution in [2.24, 2.45) is 4.99 Å². The Bertz CT molecular complexity index is 762. The third-order valence-electron chi connectivity index (χ3n) is 3.08. The van der Waals surface area contributed by atoms with Gasteiger partial charge in [-0.25, -0.2) is 9.79 Å². The molecule has 0 aliphatic carbocycles. The van der Waals surface area contributed by atoms with Crippen molar-refractivity contribution < 1.29 is 19.0 Å². The van der Waals surface area contributed by atoms with Gasteiger partial charge in [0, 0.05) is 5.56 Å². The lowest BCUT2D eigenvalue weighted by atomic mass is 10.1. The number of carbonyl (C=O) groups excluding carboxylic acids is 1. The van der Waals surface area contributed by atoms with E-state index in [9.17, 15) is 4.79 Å². The lowest BCUT2D eigenvalue weighted by molar-refractivity contribution is -0.129. The van der Waals surface area contributed by atoms with E-state index in [2.05, 4.69) is 4.99 Å². The summed E-state index contributed by atoms with van der Waals surface area (Å²) in [6.07, 6.45) is 1.63. The van der Waals surface area contributed by atoms with Crippen LogP contribution in [0.5, 0.6) is 11.5 Å². The highest BCUT2D eigenvalue weighted by atomic mass is 32.1. The van der Waals surface area contributed by atoms with Gasteiger partial charge in [-0.15, -0.1) is 11.3 Å². The van der Waals surface area contributed by atoms with Gasteiger partial charge in [0.05, 0.1) is 19.1 Å². The zero-order valence-corrected chi connectivity index (χ0v) is 12.8. The van der Waals surface area contributed by atoms with E-state index in [1.54, 1.807) is 26.4 Å². The van der Waals surface area contributed by atoms with Gasteiger partial charge in [0.2, 0.25) is 5.90 Å². The average Bonchev–Trinajstić information content (AvgIpc) is 3.17. The van der Waals surface area contributed by atoms with E-state index in [0.29, 0.717) is 23.0 Å². The Morgan fingerprint density at radius 2 is 2.05 bits per heavy atom. The summed E-state index contributed by atoms with van der Waals surface area (Å²) in [7, 11) is 3.11. The van der Waals surface area contributed by atoms with Crippen LogP contribution in [0.3, 0.4) is 0 Å². The van der Waals surface area contributed by atoms with Crippen LogP contribution in [0.4, 0.5) is 0 Å². The molecule has 1 aromatic heterocycles. The molecule has 0 saturated carbocycles. The Morgan fingerprint density at radius 1 is 1.18 bits per heavy atom. The van der Waals surface area contributed by atoms with Crippen LogP contribution in [0.15, 0.2) is 46.4 Å². The molecule has 0 unspecified atom stereocenters. The molecule has 0 N–H and O–H groups in total. The predicted octanol–water partition coefficient (Wildman–Crippen LogP) is 3.11. The first kappa shape index (κ1) is 14.3. The summed E-state index contributed by atoms with van der Waals surface area (Å²) >= 11 is 1.46. The molecule has 0 spiro atoms. The Hall–Kier alpha value is -2.60. The maximum Gasteiger partial charge on any atom is 0.363 e. The summed E-state index contributed by atoms with van der Waals surface area (Å²) in [4.78, 5) is 17.0. The molecular weight excluding hydrogens is 302 g/mol. The minimum Gasteiger partial charge on any atom is -0.493 e. The van der Waals surface area contributed by atoms with Gasteiger partial charge in [-0.05, 0) is 23.6 Å². The van der Waals surface area contributed by atoms with E-state index in [-0.39, 0.29) is 5.70 Å². The van der Waals surface area contributed by atoms with Gasteiger partial charge in [-0.2, -0.15) is 0 Å². The zero-order valence-electron chi connectivity index (χ0n) is 12.0. The number of hydrogen-bond donors (Lipinski definition) is 0. The number of thiophene rings is 1. The van der Waals surface area contributed by atoms with Crippen LogP contribution in [0, 0.1) is 0 Å². The summed E-state index contributed by atoms with van der Waals surface area (Å²) in [5.74, 6) is 0.983. The monoisotopic (exact) mass is 315 g/mol. The minimum absolute atomic E-state index is 0.231. The van der Waals surface area contributed by atoms with Gasteiger partial charge in [0.15, 0.2) is 17.2 Å². The zero-order chi connectivity index (χ0) is 15.5. The van der Waals surface area contributed by atoms with Gasteiger partial charge in [-0.1, -0.05) is 18.2 Å². The van der Waals surface area contributed by atoms with Crippen molar-refractivity contribution in [3.63, 3.8) is 0 Å². The molecule has 1 aromatic carbocycles. The van der Waals surface area contributed by atoms with E-state index >= 15 is 0 Å². The molecule has 5 nitrogen and oxygen atoms in total. The first-order valence-electron chi connectivity index (χ1n) is 6.50. The first-order chi connectivity index (χ1) is 10.7. The van der Waals surface area contributed by atoms with Crippen molar-refractivity contribution in [2.45, 2.75) is 0 Å². The molecule has 0 radical (unpaired) electrons. The van der Waals surface area contributed by atoms with E-state index in [0.717, 1.165) is 4.88 Å². The molecule has 1 aliphatic heterocycles. The second kappa shape index (κ2) is 6.03. The first-order valence-corrected chi connectivity index (χ1v) is 7.38. The Kier molecular flexibility index (Phi) is 3.93. The minimum atomic E-state index is -0.478. The van der Waals surface area contributed by atoms with Gasteiger partial charge < -0.3 is 14.2 Å². The molecule has 6 heteroatoms. The number of hydrogen-bond acceptors (Lipinski definition) is 6. The molecule has 0 atom stereocenters. The topological polar surface area (TPSA) is 57.1 Å². The quantitative estimate of drug-likeness (QED) is 0.642. The van der Waals surface area contributed by atoms with Gasteiger partial charge in [-0.3, -0.25) is 0 Å². The maximum absolute atomic E-state index is 12.0.